The molecule has 0 bridgehead atoms. The van der Waals surface area contributed by atoms with E-state index < -0.39 is 44.2 Å². The molecule has 1 aromatic heterocycles. The number of nitro benzene ring substituents is 3. The van der Waals surface area contributed by atoms with Gasteiger partial charge in [0.25, 0.3) is 11.4 Å². The first-order valence-electron chi connectivity index (χ1n) is 10.8. The van der Waals surface area contributed by atoms with Crippen LogP contribution in [-0.4, -0.2) is 47.6 Å². The number of non-ortho nitro benzene ring substituents is 1. The number of fused-ring (bicyclic) bond motifs is 1. The molecule has 17 heteroatoms. The van der Waals surface area contributed by atoms with Gasteiger partial charge in [0.2, 0.25) is 0 Å². The fourth-order valence-electron chi connectivity index (χ4n) is 3.33. The molecule has 0 aliphatic heterocycles. The van der Waals surface area contributed by atoms with Crippen molar-refractivity contribution >= 4 is 45.6 Å². The van der Waals surface area contributed by atoms with Crippen LogP contribution >= 0.6 is 11.8 Å². The van der Waals surface area contributed by atoms with E-state index in [0.717, 1.165) is 11.0 Å². The number of carbonyl (C=O) groups is 1. The average Bonchev–Trinajstić information content (AvgIpc) is 3.22. The number of imidazole rings is 1. The van der Waals surface area contributed by atoms with Gasteiger partial charge in [0.05, 0.1) is 49.3 Å². The lowest BCUT2D eigenvalue weighted by Gasteiger charge is -2.09. The van der Waals surface area contributed by atoms with E-state index in [0.29, 0.717) is 17.3 Å². The predicted molar refractivity (Wildman–Crippen MR) is 137 cm³/mol. The Kier molecular flexibility index (Phi) is 9.23. The zero-order chi connectivity index (χ0) is 29.6. The van der Waals surface area contributed by atoms with Gasteiger partial charge in [-0.3, -0.25) is 35.1 Å². The van der Waals surface area contributed by atoms with E-state index in [1.807, 2.05) is 35.9 Å². The molecule has 0 saturated carbocycles. The molecule has 0 saturated heterocycles. The number of nitrogens with zero attached hydrogens (tertiary/aromatic N) is 5. The van der Waals surface area contributed by atoms with Gasteiger partial charge in [0.15, 0.2) is 10.9 Å². The number of carbonyl (C=O) groups excluding carboxylic acids is 1. The first kappa shape index (κ1) is 29.4. The molecule has 0 aliphatic rings. The molecule has 14 nitrogen and oxygen atoms in total. The third kappa shape index (κ3) is 6.81. The normalized spacial score (nSPS) is 10.6. The lowest BCUT2D eigenvalue weighted by molar-refractivity contribution is -0.404. The van der Waals surface area contributed by atoms with E-state index in [4.69, 9.17) is 5.11 Å². The summed E-state index contributed by atoms with van der Waals surface area (Å²) in [5.41, 5.74) is -1.05. The standard InChI is InChI=1S/C17H14F2N2O2S.C6H3N3O7/c1-21-13-8-4-3-7-12(13)20-17(21)24-10-14(22)11-6-2-5-9-15(11)23-16(18)19;10-6-4(8(13)14)1-3(7(11)12)2-5(6)9(15)16/h2-9,16H,10H2,1H3;1-2,10H. The number of thioether (sulfide) groups is 1. The molecule has 208 valence electrons. The van der Waals surface area contributed by atoms with Crippen molar-refractivity contribution < 1.29 is 38.2 Å². The number of phenolic OH excluding ortho intramolecular Hbond substituents is 1. The number of aromatic hydroxyl groups is 1. The smallest absolute Gasteiger partial charge is 0.387 e. The van der Waals surface area contributed by atoms with Gasteiger partial charge in [-0.05, 0) is 24.3 Å². The minimum absolute atomic E-state index is 0.0841. The molecule has 0 spiro atoms. The number of alkyl halides is 2. The van der Waals surface area contributed by atoms with Crippen molar-refractivity contribution in [2.45, 2.75) is 11.8 Å². The number of halogens is 2. The molecule has 0 unspecified atom stereocenters. The molecular formula is C23H17F2N5O9S. The summed E-state index contributed by atoms with van der Waals surface area (Å²) in [7, 11) is 1.87. The summed E-state index contributed by atoms with van der Waals surface area (Å²) in [6, 6.07) is 14.6. The molecule has 4 rings (SSSR count). The van der Waals surface area contributed by atoms with Crippen molar-refractivity contribution in [1.29, 1.82) is 0 Å². The van der Waals surface area contributed by atoms with Crippen LogP contribution in [0.3, 0.4) is 0 Å². The number of ether oxygens (including phenoxy) is 1. The Morgan fingerprint density at radius 2 is 1.57 bits per heavy atom. The highest BCUT2D eigenvalue weighted by Gasteiger charge is 2.30. The number of hydrogen-bond acceptors (Lipinski definition) is 11. The number of phenols is 1. The highest BCUT2D eigenvalue weighted by molar-refractivity contribution is 7.99. The number of Topliss-reactive ketones (excluding diaryl/α,β-unsaturated/α-hetero) is 1. The molecule has 1 N–H and O–H groups in total. The van der Waals surface area contributed by atoms with Crippen molar-refractivity contribution in [3.8, 4) is 11.5 Å². The summed E-state index contributed by atoms with van der Waals surface area (Å²) in [5.74, 6) is -1.52. The molecule has 0 amide bonds. The molecule has 0 aliphatic carbocycles. The Balaban J connectivity index is 0.000000241. The van der Waals surface area contributed by atoms with Crippen LogP contribution in [0.4, 0.5) is 25.8 Å². The summed E-state index contributed by atoms with van der Waals surface area (Å²) >= 11 is 1.26. The summed E-state index contributed by atoms with van der Waals surface area (Å²) in [6.07, 6.45) is 0. The summed E-state index contributed by atoms with van der Waals surface area (Å²) in [5, 5.41) is 40.9. The van der Waals surface area contributed by atoms with Gasteiger partial charge < -0.3 is 14.4 Å². The van der Waals surface area contributed by atoms with Gasteiger partial charge in [0.1, 0.15) is 5.75 Å². The van der Waals surface area contributed by atoms with Gasteiger partial charge in [-0.2, -0.15) is 8.78 Å². The third-order valence-electron chi connectivity index (χ3n) is 5.14. The van der Waals surface area contributed by atoms with Crippen molar-refractivity contribution in [2.24, 2.45) is 7.05 Å². The summed E-state index contributed by atoms with van der Waals surface area (Å²) in [4.78, 5) is 44.6. The SMILES string of the molecule is Cn1c(SCC(=O)c2ccccc2OC(F)F)nc2ccccc21.O=[N+]([O-])c1cc([N+](=O)[O-])c(O)c([N+](=O)[O-])c1. The quantitative estimate of drug-likeness (QED) is 0.118. The molecule has 3 aromatic carbocycles. The molecule has 40 heavy (non-hydrogen) atoms. The lowest BCUT2D eigenvalue weighted by atomic mass is 10.1. The monoisotopic (exact) mass is 577 g/mol. The van der Waals surface area contributed by atoms with Crippen molar-refractivity contribution in [3.05, 3.63) is 96.6 Å². The largest absolute Gasteiger partial charge is 0.497 e. The van der Waals surface area contributed by atoms with Crippen LogP contribution in [0.5, 0.6) is 11.5 Å². The second kappa shape index (κ2) is 12.6. The fourth-order valence-corrected chi connectivity index (χ4v) is 4.20. The van der Waals surface area contributed by atoms with Crippen LogP contribution < -0.4 is 4.74 Å². The van der Waals surface area contributed by atoms with Crippen molar-refractivity contribution in [3.63, 3.8) is 0 Å². The summed E-state index contributed by atoms with van der Waals surface area (Å²) < 4.78 is 31.2. The van der Waals surface area contributed by atoms with Gasteiger partial charge in [-0.1, -0.05) is 36.0 Å². The van der Waals surface area contributed by atoms with E-state index in [9.17, 15) is 43.9 Å². The van der Waals surface area contributed by atoms with E-state index in [2.05, 4.69) is 9.72 Å². The Hall–Kier alpha value is -5.19. The number of ketones is 1. The number of para-hydroxylation sites is 3. The van der Waals surface area contributed by atoms with Crippen molar-refractivity contribution in [2.75, 3.05) is 5.75 Å². The maximum Gasteiger partial charge on any atom is 0.387 e. The fraction of sp³-hybridized carbons (Fsp3) is 0.130. The zero-order valence-corrected chi connectivity index (χ0v) is 21.0. The number of benzene rings is 3. The molecule has 0 atom stereocenters. The van der Waals surface area contributed by atoms with Crippen LogP contribution in [-0.2, 0) is 7.05 Å². The van der Waals surface area contributed by atoms with Gasteiger partial charge in [-0.25, -0.2) is 4.98 Å². The van der Waals surface area contributed by atoms with Crippen LogP contribution in [0.25, 0.3) is 11.0 Å². The Labute approximate surface area is 226 Å². The molecular weight excluding hydrogens is 560 g/mol. The van der Waals surface area contributed by atoms with Gasteiger partial charge >= 0.3 is 18.0 Å². The zero-order valence-electron chi connectivity index (χ0n) is 20.2. The Bertz CT molecular complexity index is 1580. The molecule has 0 radical (unpaired) electrons. The highest BCUT2D eigenvalue weighted by atomic mass is 32.2. The van der Waals surface area contributed by atoms with Crippen molar-refractivity contribution in [1.82, 2.24) is 9.55 Å². The number of hydrogen-bond donors (Lipinski definition) is 1. The minimum Gasteiger partial charge on any atom is -0.497 e. The van der Waals surface area contributed by atoms with E-state index in [1.165, 1.54) is 23.9 Å². The Morgan fingerprint density at radius 3 is 2.12 bits per heavy atom. The lowest BCUT2D eigenvalue weighted by Crippen LogP contribution is -2.09. The van der Waals surface area contributed by atoms with E-state index >= 15 is 0 Å². The first-order valence-corrected chi connectivity index (χ1v) is 11.8. The van der Waals surface area contributed by atoms with Gasteiger partial charge in [0, 0.05) is 7.05 Å². The Morgan fingerprint density at radius 1 is 1.00 bits per heavy atom. The van der Waals surface area contributed by atoms with Crippen LogP contribution in [0.1, 0.15) is 10.4 Å². The number of rotatable bonds is 9. The van der Waals surface area contributed by atoms with Crippen LogP contribution in [0.2, 0.25) is 0 Å². The number of aromatic nitrogens is 2. The molecule has 0 fully saturated rings. The second-order valence-corrected chi connectivity index (χ2v) is 8.58. The average molecular weight is 577 g/mol. The molecule has 4 aromatic rings. The third-order valence-corrected chi connectivity index (χ3v) is 6.17. The van der Waals surface area contributed by atoms with Crippen LogP contribution in [0.15, 0.2) is 65.8 Å². The van der Waals surface area contributed by atoms with Gasteiger partial charge in [-0.15, -0.1) is 0 Å². The number of aryl methyl sites for hydroxylation is 1. The topological polar surface area (TPSA) is 194 Å². The van der Waals surface area contributed by atoms with E-state index in [-0.39, 0.29) is 22.8 Å². The molecule has 1 heterocycles. The number of nitro groups is 3. The first-order chi connectivity index (χ1) is 18.9. The minimum atomic E-state index is -2.97. The highest BCUT2D eigenvalue weighted by Crippen LogP contribution is 2.39. The van der Waals surface area contributed by atoms with Crippen LogP contribution in [0, 0.1) is 30.3 Å². The van der Waals surface area contributed by atoms with E-state index in [1.54, 1.807) is 12.1 Å². The maximum atomic E-state index is 12.4. The maximum absolute atomic E-state index is 12.4. The second-order valence-electron chi connectivity index (χ2n) is 7.63. The predicted octanol–water partition coefficient (Wildman–Crippen LogP) is 5.27. The summed E-state index contributed by atoms with van der Waals surface area (Å²) in [6.45, 7) is -2.97.